The molecule has 0 bridgehead atoms. The van der Waals surface area contributed by atoms with Gasteiger partial charge in [0.15, 0.2) is 11.9 Å². The Morgan fingerprint density at radius 3 is 1.49 bits per heavy atom. The zero-order chi connectivity index (χ0) is 31.4. The fourth-order valence-electron chi connectivity index (χ4n) is 3.55. The highest BCUT2D eigenvalue weighted by Gasteiger charge is 2.30. The topological polar surface area (TPSA) is 349 Å². The Labute approximate surface area is 238 Å². The number of hydrogen-bond donors (Lipinski definition) is 11. The van der Waals surface area contributed by atoms with Gasteiger partial charge < -0.3 is 61.2 Å². The molecule has 0 aliphatic heterocycles. The number of nitrogens with two attached hydrogens (primary N) is 7. The number of nitrogens with zero attached hydrogens (tertiary/aromatic N) is 2. The normalized spacial score (nSPS) is 13.5. The minimum absolute atomic E-state index is 0.0416. The first-order valence-corrected chi connectivity index (χ1v) is 13.3. The summed E-state index contributed by atoms with van der Waals surface area (Å²) in [6.45, 7) is 0.668. The van der Waals surface area contributed by atoms with Crippen LogP contribution in [0.4, 0.5) is 0 Å². The number of carbonyl (C=O) groups excluding carboxylic acids is 4. The molecule has 0 heterocycles. The molecule has 0 saturated carbocycles. The van der Waals surface area contributed by atoms with Gasteiger partial charge in [-0.15, -0.1) is 0 Å². The molecule has 4 amide bonds. The van der Waals surface area contributed by atoms with Gasteiger partial charge in [0.2, 0.25) is 23.6 Å². The van der Waals surface area contributed by atoms with Crippen molar-refractivity contribution in [1.82, 2.24) is 16.0 Å². The van der Waals surface area contributed by atoms with Gasteiger partial charge in [-0.25, -0.2) is 4.79 Å². The number of rotatable bonds is 22. The number of aliphatic imine (C=N–C) groups is 2. The predicted octanol–water partition coefficient (Wildman–Crippen LogP) is -4.65. The van der Waals surface area contributed by atoms with Crippen molar-refractivity contribution in [3.8, 4) is 0 Å². The number of aliphatic carboxylic acids is 1. The standard InChI is InChI=1S/C23H46N12O6/c24-10-2-1-5-16(21(40)41)35-20(39)15(7-4-12-32-23(29)30)34-19(38)14(6-3-11-31-22(27)28)33-18(37)13(25)8-9-17(26)36/h13-16H,1-12,24-25H2,(H2,26,36)(H,33,37)(H,34,38)(H,35,39)(H,40,41)(H4,27,28,31)(H4,29,30,32). The molecule has 4 unspecified atom stereocenters. The monoisotopic (exact) mass is 586 g/mol. The number of hydrogen-bond acceptors (Lipinski definition) is 9. The molecular weight excluding hydrogens is 540 g/mol. The van der Waals surface area contributed by atoms with Crippen LogP contribution in [-0.2, 0) is 24.0 Å². The van der Waals surface area contributed by atoms with E-state index in [1.807, 2.05) is 0 Å². The fraction of sp³-hybridized carbons (Fsp3) is 0.696. The number of carboxylic acids is 1. The quantitative estimate of drug-likeness (QED) is 0.0324. The molecule has 18 heteroatoms. The zero-order valence-electron chi connectivity index (χ0n) is 23.2. The van der Waals surface area contributed by atoms with Gasteiger partial charge in [0.1, 0.15) is 18.1 Å². The average Bonchev–Trinajstić information content (AvgIpc) is 2.89. The molecule has 18 nitrogen and oxygen atoms in total. The van der Waals surface area contributed by atoms with Crippen LogP contribution in [-0.4, -0.2) is 90.4 Å². The Balaban J connectivity index is 5.75. The van der Waals surface area contributed by atoms with E-state index in [1.54, 1.807) is 0 Å². The van der Waals surface area contributed by atoms with E-state index in [9.17, 15) is 29.1 Å². The summed E-state index contributed by atoms with van der Waals surface area (Å²) < 4.78 is 0. The van der Waals surface area contributed by atoms with Crippen LogP contribution in [0.3, 0.4) is 0 Å². The van der Waals surface area contributed by atoms with Crippen molar-refractivity contribution < 1.29 is 29.1 Å². The molecule has 0 saturated heterocycles. The van der Waals surface area contributed by atoms with Crippen molar-refractivity contribution in [2.75, 3.05) is 19.6 Å². The maximum atomic E-state index is 13.3. The van der Waals surface area contributed by atoms with Crippen molar-refractivity contribution in [3.05, 3.63) is 0 Å². The first kappa shape index (κ1) is 36.8. The van der Waals surface area contributed by atoms with E-state index in [0.717, 1.165) is 0 Å². The first-order chi connectivity index (χ1) is 19.3. The Hall–Kier alpha value is -4.19. The number of unbranched alkanes of at least 4 members (excludes halogenated alkanes) is 1. The number of amides is 4. The molecule has 0 rings (SSSR count). The Morgan fingerprint density at radius 2 is 1.07 bits per heavy atom. The number of guanidine groups is 2. The van der Waals surface area contributed by atoms with E-state index in [-0.39, 0.29) is 70.0 Å². The summed E-state index contributed by atoms with van der Waals surface area (Å²) in [4.78, 5) is 69.4. The molecule has 0 aromatic rings. The molecule has 0 radical (unpaired) electrons. The van der Waals surface area contributed by atoms with Gasteiger partial charge in [-0.1, -0.05) is 0 Å². The molecule has 0 aliphatic rings. The minimum atomic E-state index is -1.24. The smallest absolute Gasteiger partial charge is 0.326 e. The summed E-state index contributed by atoms with van der Waals surface area (Å²) in [5.74, 6) is -4.38. The third kappa shape index (κ3) is 17.9. The molecule has 4 atom stereocenters. The van der Waals surface area contributed by atoms with Crippen LogP contribution in [0, 0.1) is 0 Å². The van der Waals surface area contributed by atoms with Crippen molar-refractivity contribution in [2.24, 2.45) is 50.1 Å². The second-order valence-corrected chi connectivity index (χ2v) is 9.32. The number of carboxylic acid groups (broad SMARTS) is 1. The van der Waals surface area contributed by atoms with Gasteiger partial charge in [0.05, 0.1) is 6.04 Å². The molecule has 0 fully saturated rings. The summed E-state index contributed by atoms with van der Waals surface area (Å²) in [5.41, 5.74) is 37.7. The van der Waals surface area contributed by atoms with Crippen LogP contribution in [0.25, 0.3) is 0 Å². The van der Waals surface area contributed by atoms with Gasteiger partial charge >= 0.3 is 5.97 Å². The minimum Gasteiger partial charge on any atom is -0.480 e. The van der Waals surface area contributed by atoms with E-state index in [2.05, 4.69) is 25.9 Å². The van der Waals surface area contributed by atoms with Gasteiger partial charge in [0, 0.05) is 19.5 Å². The largest absolute Gasteiger partial charge is 0.480 e. The van der Waals surface area contributed by atoms with Crippen molar-refractivity contribution in [3.63, 3.8) is 0 Å². The lowest BCUT2D eigenvalue weighted by molar-refractivity contribution is -0.142. The maximum Gasteiger partial charge on any atom is 0.326 e. The summed E-state index contributed by atoms with van der Waals surface area (Å²) in [7, 11) is 0. The maximum absolute atomic E-state index is 13.3. The fourth-order valence-corrected chi connectivity index (χ4v) is 3.55. The second kappa shape index (κ2) is 20.7. The van der Waals surface area contributed by atoms with E-state index >= 15 is 0 Å². The van der Waals surface area contributed by atoms with Crippen LogP contribution in [0.2, 0.25) is 0 Å². The molecule has 0 spiro atoms. The number of nitrogens with one attached hydrogen (secondary N) is 3. The molecule has 41 heavy (non-hydrogen) atoms. The molecule has 0 aliphatic carbocycles. The highest BCUT2D eigenvalue weighted by Crippen LogP contribution is 2.07. The van der Waals surface area contributed by atoms with E-state index < -0.39 is 53.8 Å². The van der Waals surface area contributed by atoms with Crippen LogP contribution in [0.1, 0.15) is 57.8 Å². The van der Waals surface area contributed by atoms with Crippen LogP contribution >= 0.6 is 0 Å². The van der Waals surface area contributed by atoms with Crippen molar-refractivity contribution >= 4 is 41.5 Å². The van der Waals surface area contributed by atoms with Crippen LogP contribution < -0.4 is 56.1 Å². The molecule has 0 aromatic heterocycles. The van der Waals surface area contributed by atoms with Crippen molar-refractivity contribution in [2.45, 2.75) is 82.0 Å². The van der Waals surface area contributed by atoms with Gasteiger partial charge in [0.25, 0.3) is 0 Å². The predicted molar refractivity (Wildman–Crippen MR) is 153 cm³/mol. The highest BCUT2D eigenvalue weighted by atomic mass is 16.4. The summed E-state index contributed by atoms with van der Waals surface area (Å²) in [6, 6.07) is -4.68. The SMILES string of the molecule is NCCCCC(NC(=O)C(CCCN=C(N)N)NC(=O)C(CCCN=C(N)N)NC(=O)C(N)CCC(N)=O)C(=O)O. The van der Waals surface area contributed by atoms with E-state index in [4.69, 9.17) is 40.1 Å². The summed E-state index contributed by atoms with van der Waals surface area (Å²) in [6.07, 6.45) is 1.66. The van der Waals surface area contributed by atoms with E-state index in [0.29, 0.717) is 19.4 Å². The lowest BCUT2D eigenvalue weighted by Crippen LogP contribution is -2.57. The third-order valence-corrected chi connectivity index (χ3v) is 5.76. The Kier molecular flexibility index (Phi) is 18.6. The number of carbonyl (C=O) groups is 5. The Morgan fingerprint density at radius 1 is 0.634 bits per heavy atom. The summed E-state index contributed by atoms with van der Waals surface area (Å²) >= 11 is 0. The van der Waals surface area contributed by atoms with Crippen LogP contribution in [0.5, 0.6) is 0 Å². The molecule has 0 aromatic carbocycles. The lowest BCUT2D eigenvalue weighted by Gasteiger charge is -2.25. The van der Waals surface area contributed by atoms with Gasteiger partial charge in [-0.2, -0.15) is 0 Å². The van der Waals surface area contributed by atoms with Gasteiger partial charge in [-0.05, 0) is 57.9 Å². The molecule has 18 N–H and O–H groups in total. The second-order valence-electron chi connectivity index (χ2n) is 9.32. The third-order valence-electron chi connectivity index (χ3n) is 5.76. The zero-order valence-corrected chi connectivity index (χ0v) is 23.2. The van der Waals surface area contributed by atoms with Gasteiger partial charge in [-0.3, -0.25) is 29.2 Å². The first-order valence-electron chi connectivity index (χ1n) is 13.3. The summed E-state index contributed by atoms with van der Waals surface area (Å²) in [5, 5.41) is 17.1. The van der Waals surface area contributed by atoms with Crippen molar-refractivity contribution in [1.29, 1.82) is 0 Å². The highest BCUT2D eigenvalue weighted by molar-refractivity contribution is 5.94. The number of primary amides is 1. The average molecular weight is 587 g/mol. The molecular formula is C23H46N12O6. The van der Waals surface area contributed by atoms with Crippen LogP contribution in [0.15, 0.2) is 9.98 Å². The molecule has 234 valence electrons. The Bertz CT molecular complexity index is 921. The van der Waals surface area contributed by atoms with E-state index in [1.165, 1.54) is 0 Å². The lowest BCUT2D eigenvalue weighted by atomic mass is 10.0.